The summed E-state index contributed by atoms with van der Waals surface area (Å²) in [5.74, 6) is -0.922. The molecule has 2 amide bonds. The van der Waals surface area contributed by atoms with Gasteiger partial charge in [0.15, 0.2) is 0 Å². The number of carbonyl (C=O) groups excluding carboxylic acids is 2. The smallest absolute Gasteiger partial charge is 0.264 e. The van der Waals surface area contributed by atoms with Gasteiger partial charge in [-0.05, 0) is 56.2 Å². The highest BCUT2D eigenvalue weighted by Gasteiger charge is 2.33. The summed E-state index contributed by atoms with van der Waals surface area (Å²) in [7, 11) is -2.73. The van der Waals surface area contributed by atoms with Crippen molar-refractivity contribution in [3.8, 4) is 0 Å². The third-order valence-corrected chi connectivity index (χ3v) is 8.29. The maximum atomic E-state index is 13.8. The van der Waals surface area contributed by atoms with Crippen LogP contribution in [0, 0.1) is 6.92 Å². The summed E-state index contributed by atoms with van der Waals surface area (Å²) in [4.78, 5) is 27.6. The average Bonchev–Trinajstić information content (AvgIpc) is 2.89. The molecule has 1 N–H and O–H groups in total. The lowest BCUT2D eigenvalue weighted by molar-refractivity contribution is -0.138. The molecule has 3 rings (SSSR count). The van der Waals surface area contributed by atoms with Crippen molar-refractivity contribution in [2.75, 3.05) is 24.4 Å². The third-order valence-electron chi connectivity index (χ3n) is 5.96. The molecular weight excluding hydrogens is 533 g/mol. The van der Waals surface area contributed by atoms with Crippen LogP contribution < -0.4 is 9.62 Å². The Morgan fingerprint density at radius 2 is 1.62 bits per heavy atom. The maximum absolute atomic E-state index is 13.8. The Labute approximate surface area is 228 Å². The highest BCUT2D eigenvalue weighted by Crippen LogP contribution is 2.33. The molecule has 196 valence electrons. The summed E-state index contributed by atoms with van der Waals surface area (Å²) in [6, 6.07) is 19.4. The Morgan fingerprint density at radius 3 is 2.24 bits per heavy atom. The van der Waals surface area contributed by atoms with Gasteiger partial charge in [-0.25, -0.2) is 8.42 Å². The van der Waals surface area contributed by atoms with Crippen molar-refractivity contribution >= 4 is 50.7 Å². The van der Waals surface area contributed by atoms with Gasteiger partial charge >= 0.3 is 0 Å². The SMILES string of the molecule is CNC(=O)C(C)N(CCc1ccccc1)C(=O)CN(c1cc(Cl)ccc1Cl)S(=O)(=O)c1ccc(C)cc1. The fourth-order valence-corrected chi connectivity index (χ4v) is 5.67. The van der Waals surface area contributed by atoms with E-state index >= 15 is 0 Å². The highest BCUT2D eigenvalue weighted by molar-refractivity contribution is 7.92. The third kappa shape index (κ3) is 7.03. The van der Waals surface area contributed by atoms with Gasteiger partial charge in [-0.1, -0.05) is 71.2 Å². The number of aryl methyl sites for hydroxylation is 1. The zero-order chi connectivity index (χ0) is 27.2. The van der Waals surface area contributed by atoms with Crippen LogP contribution in [-0.4, -0.2) is 51.3 Å². The van der Waals surface area contributed by atoms with E-state index in [4.69, 9.17) is 23.2 Å². The van der Waals surface area contributed by atoms with Crippen LogP contribution in [0.2, 0.25) is 10.0 Å². The highest BCUT2D eigenvalue weighted by atomic mass is 35.5. The fourth-order valence-electron chi connectivity index (χ4n) is 3.81. The van der Waals surface area contributed by atoms with Crippen LogP contribution in [0.15, 0.2) is 77.7 Å². The Balaban J connectivity index is 2.02. The van der Waals surface area contributed by atoms with Gasteiger partial charge in [-0.15, -0.1) is 0 Å². The van der Waals surface area contributed by atoms with Gasteiger partial charge in [-0.2, -0.15) is 0 Å². The molecule has 0 aliphatic carbocycles. The lowest BCUT2D eigenvalue weighted by Crippen LogP contribution is -2.51. The molecule has 0 bridgehead atoms. The molecule has 0 heterocycles. The number of benzene rings is 3. The first-order valence-corrected chi connectivity index (χ1v) is 13.8. The first-order chi connectivity index (χ1) is 17.5. The monoisotopic (exact) mass is 561 g/mol. The molecule has 0 aromatic heterocycles. The predicted molar refractivity (Wildman–Crippen MR) is 148 cm³/mol. The molecule has 0 fully saturated rings. The van der Waals surface area contributed by atoms with Gasteiger partial charge < -0.3 is 10.2 Å². The van der Waals surface area contributed by atoms with E-state index in [0.29, 0.717) is 6.42 Å². The molecule has 0 radical (unpaired) electrons. The van der Waals surface area contributed by atoms with Crippen molar-refractivity contribution < 1.29 is 18.0 Å². The van der Waals surface area contributed by atoms with Crippen LogP contribution >= 0.6 is 23.2 Å². The van der Waals surface area contributed by atoms with Crippen LogP contribution in [0.4, 0.5) is 5.69 Å². The molecule has 0 saturated heterocycles. The minimum absolute atomic E-state index is 0.00266. The number of hydrogen-bond donors (Lipinski definition) is 1. The van der Waals surface area contributed by atoms with Gasteiger partial charge in [0.2, 0.25) is 11.8 Å². The number of nitrogens with one attached hydrogen (secondary N) is 1. The molecule has 3 aromatic rings. The van der Waals surface area contributed by atoms with E-state index in [1.807, 2.05) is 37.3 Å². The lowest BCUT2D eigenvalue weighted by atomic mass is 10.1. The van der Waals surface area contributed by atoms with E-state index in [1.54, 1.807) is 19.1 Å². The molecular formula is C27H29Cl2N3O4S. The standard InChI is InChI=1S/C27H29Cl2N3O4S/c1-19-9-12-23(13-10-19)37(35,36)32(25-17-22(28)11-14-24(25)29)18-26(33)31(20(2)27(34)30-3)16-15-21-7-5-4-6-8-21/h4-14,17,20H,15-16,18H2,1-3H3,(H,30,34). The zero-order valence-corrected chi connectivity index (χ0v) is 23.1. The summed E-state index contributed by atoms with van der Waals surface area (Å²) in [6.07, 6.45) is 0.483. The number of hydrogen-bond acceptors (Lipinski definition) is 4. The molecule has 3 aromatic carbocycles. The van der Waals surface area contributed by atoms with Crippen LogP contribution in [0.1, 0.15) is 18.1 Å². The number of anilines is 1. The molecule has 0 saturated carbocycles. The van der Waals surface area contributed by atoms with Crippen molar-refractivity contribution in [1.29, 1.82) is 0 Å². The number of halogens is 2. The van der Waals surface area contributed by atoms with Crippen LogP contribution in [0.5, 0.6) is 0 Å². The van der Waals surface area contributed by atoms with Gasteiger partial charge in [0.1, 0.15) is 12.6 Å². The van der Waals surface area contributed by atoms with E-state index in [-0.39, 0.29) is 33.1 Å². The zero-order valence-electron chi connectivity index (χ0n) is 20.8. The van der Waals surface area contributed by atoms with Crippen molar-refractivity contribution in [2.24, 2.45) is 0 Å². The summed E-state index contributed by atoms with van der Waals surface area (Å²) >= 11 is 12.6. The van der Waals surface area contributed by atoms with Crippen molar-refractivity contribution in [3.05, 3.63) is 94.0 Å². The van der Waals surface area contributed by atoms with Gasteiger partial charge in [-0.3, -0.25) is 13.9 Å². The second-order valence-corrected chi connectivity index (χ2v) is 11.2. The maximum Gasteiger partial charge on any atom is 0.264 e. The summed E-state index contributed by atoms with van der Waals surface area (Å²) in [5.41, 5.74) is 1.93. The van der Waals surface area contributed by atoms with Crippen molar-refractivity contribution in [1.82, 2.24) is 10.2 Å². The topological polar surface area (TPSA) is 86.8 Å². The van der Waals surface area contributed by atoms with Crippen LogP contribution in [0.25, 0.3) is 0 Å². The molecule has 0 spiro atoms. The minimum atomic E-state index is -4.22. The summed E-state index contributed by atoms with van der Waals surface area (Å²) < 4.78 is 28.5. The van der Waals surface area contributed by atoms with E-state index in [2.05, 4.69) is 5.32 Å². The number of amides is 2. The quantitative estimate of drug-likeness (QED) is 0.388. The molecule has 10 heteroatoms. The number of rotatable bonds is 10. The Bertz CT molecular complexity index is 1350. The summed E-state index contributed by atoms with van der Waals surface area (Å²) in [5, 5.41) is 2.93. The molecule has 37 heavy (non-hydrogen) atoms. The number of carbonyl (C=O) groups is 2. The van der Waals surface area contributed by atoms with E-state index in [0.717, 1.165) is 15.4 Å². The van der Waals surface area contributed by atoms with E-state index in [9.17, 15) is 18.0 Å². The second kappa shape index (κ2) is 12.4. The molecule has 7 nitrogen and oxygen atoms in total. The second-order valence-electron chi connectivity index (χ2n) is 8.53. The summed E-state index contributed by atoms with van der Waals surface area (Å²) in [6.45, 7) is 3.08. The van der Waals surface area contributed by atoms with Gasteiger partial charge in [0, 0.05) is 18.6 Å². The normalized spacial score (nSPS) is 12.0. The van der Waals surface area contributed by atoms with E-state index in [1.165, 1.54) is 42.3 Å². The average molecular weight is 563 g/mol. The molecule has 1 unspecified atom stereocenters. The largest absolute Gasteiger partial charge is 0.357 e. The Hall–Kier alpha value is -3.07. The van der Waals surface area contributed by atoms with Crippen LogP contribution in [-0.2, 0) is 26.0 Å². The van der Waals surface area contributed by atoms with Crippen molar-refractivity contribution in [2.45, 2.75) is 31.2 Å². The Morgan fingerprint density at radius 1 is 0.973 bits per heavy atom. The lowest BCUT2D eigenvalue weighted by Gasteiger charge is -2.32. The number of likely N-dealkylation sites (N-methyl/N-ethyl adjacent to an activating group) is 1. The van der Waals surface area contributed by atoms with Crippen molar-refractivity contribution in [3.63, 3.8) is 0 Å². The van der Waals surface area contributed by atoms with Gasteiger partial charge in [0.25, 0.3) is 10.0 Å². The molecule has 1 atom stereocenters. The Kier molecular flexibility index (Phi) is 9.59. The first-order valence-electron chi connectivity index (χ1n) is 11.6. The number of sulfonamides is 1. The minimum Gasteiger partial charge on any atom is -0.357 e. The van der Waals surface area contributed by atoms with E-state index < -0.39 is 28.5 Å². The first kappa shape index (κ1) is 28.5. The number of nitrogens with zero attached hydrogens (tertiary/aromatic N) is 2. The molecule has 0 aliphatic rings. The fraction of sp³-hybridized carbons (Fsp3) is 0.259. The van der Waals surface area contributed by atoms with Gasteiger partial charge in [0.05, 0.1) is 15.6 Å². The predicted octanol–water partition coefficient (Wildman–Crippen LogP) is 4.70. The molecule has 0 aliphatic heterocycles. The van der Waals surface area contributed by atoms with Crippen LogP contribution in [0.3, 0.4) is 0 Å².